The zero-order valence-electron chi connectivity index (χ0n) is 12.7. The number of carbonyl (C=O) groups excluding carboxylic acids is 2. The van der Waals surface area contributed by atoms with E-state index in [1.807, 2.05) is 0 Å². The summed E-state index contributed by atoms with van der Waals surface area (Å²) in [5.74, 6) is -1.81. The van der Waals surface area contributed by atoms with Crippen LogP contribution in [0.1, 0.15) is 12.8 Å². The number of aliphatic carboxylic acids is 1. The molecule has 122 valence electrons. The van der Waals surface area contributed by atoms with Gasteiger partial charge in [0.1, 0.15) is 0 Å². The maximum absolute atomic E-state index is 12.1. The van der Waals surface area contributed by atoms with Crippen molar-refractivity contribution in [1.29, 1.82) is 0 Å². The Morgan fingerprint density at radius 1 is 1.17 bits per heavy atom. The number of thiazole rings is 1. The number of benzene rings is 1. The van der Waals surface area contributed by atoms with Crippen molar-refractivity contribution in [3.05, 3.63) is 35.8 Å². The van der Waals surface area contributed by atoms with Crippen LogP contribution in [0.4, 0.5) is 10.8 Å². The Labute approximate surface area is 164 Å². The number of anilines is 2. The second kappa shape index (κ2) is 9.14. The summed E-state index contributed by atoms with van der Waals surface area (Å²) in [6.45, 7) is 0. The van der Waals surface area contributed by atoms with Crippen LogP contribution < -0.4 is 44.7 Å². The number of hydrogen-bond acceptors (Lipinski definition) is 7. The predicted molar refractivity (Wildman–Crippen MR) is 82.2 cm³/mol. The molecule has 24 heavy (non-hydrogen) atoms. The minimum Gasteiger partial charge on any atom is -0.550 e. The van der Waals surface area contributed by atoms with Gasteiger partial charge in [0.15, 0.2) is 5.13 Å². The number of nitrogens with one attached hydrogen (secondary N) is 2. The molecule has 2 rings (SSSR count). The SMILES string of the molecule is O=C([O-])CCC(=O)Nc1ccc(S(=O)(=O)Nc2nccs2)cc1.[Na+]. The van der Waals surface area contributed by atoms with E-state index in [2.05, 4.69) is 15.0 Å². The van der Waals surface area contributed by atoms with Gasteiger partial charge >= 0.3 is 29.6 Å². The third-order valence-corrected chi connectivity index (χ3v) is 4.83. The van der Waals surface area contributed by atoms with E-state index in [-0.39, 0.29) is 52.4 Å². The van der Waals surface area contributed by atoms with Gasteiger partial charge in [-0.25, -0.2) is 13.4 Å². The fourth-order valence-corrected chi connectivity index (χ4v) is 3.39. The van der Waals surface area contributed by atoms with Crippen molar-refractivity contribution in [3.63, 3.8) is 0 Å². The molecule has 0 fully saturated rings. The van der Waals surface area contributed by atoms with Gasteiger partial charge in [-0.1, -0.05) is 0 Å². The molecule has 0 spiro atoms. The van der Waals surface area contributed by atoms with Gasteiger partial charge in [0.25, 0.3) is 10.0 Å². The van der Waals surface area contributed by atoms with Crippen molar-refractivity contribution in [2.24, 2.45) is 0 Å². The van der Waals surface area contributed by atoms with Crippen LogP contribution in [0.3, 0.4) is 0 Å². The number of carbonyl (C=O) groups is 2. The van der Waals surface area contributed by atoms with Crippen molar-refractivity contribution in [1.82, 2.24) is 4.98 Å². The van der Waals surface area contributed by atoms with Crippen LogP contribution in [0.25, 0.3) is 0 Å². The van der Waals surface area contributed by atoms with E-state index in [0.29, 0.717) is 5.69 Å². The van der Waals surface area contributed by atoms with Crippen molar-refractivity contribution in [3.8, 4) is 0 Å². The van der Waals surface area contributed by atoms with Gasteiger partial charge in [-0.2, -0.15) is 0 Å². The van der Waals surface area contributed by atoms with Gasteiger partial charge in [0.2, 0.25) is 5.91 Å². The fourth-order valence-electron chi connectivity index (χ4n) is 1.60. The molecule has 0 atom stereocenters. The molecule has 0 aliphatic heterocycles. The first-order chi connectivity index (χ1) is 10.9. The first kappa shape index (κ1) is 20.6. The quantitative estimate of drug-likeness (QED) is 0.510. The number of carboxylic acids is 1. The number of hydrogen-bond donors (Lipinski definition) is 2. The van der Waals surface area contributed by atoms with Gasteiger partial charge in [0.05, 0.1) is 4.90 Å². The third kappa shape index (κ3) is 6.21. The van der Waals surface area contributed by atoms with E-state index in [4.69, 9.17) is 0 Å². The number of sulfonamides is 1. The maximum Gasteiger partial charge on any atom is 1.00 e. The van der Waals surface area contributed by atoms with Gasteiger partial charge in [-0.05, 0) is 30.7 Å². The Hall–Kier alpha value is -1.46. The van der Waals surface area contributed by atoms with Gasteiger partial charge in [-0.3, -0.25) is 9.52 Å². The van der Waals surface area contributed by atoms with Crippen LogP contribution in [-0.2, 0) is 19.6 Å². The molecule has 1 aromatic heterocycles. The monoisotopic (exact) mass is 377 g/mol. The summed E-state index contributed by atoms with van der Waals surface area (Å²) < 4.78 is 26.5. The molecule has 0 bridgehead atoms. The minimum atomic E-state index is -3.75. The van der Waals surface area contributed by atoms with Crippen molar-refractivity contribution >= 4 is 44.1 Å². The first-order valence-corrected chi connectivity index (χ1v) is 8.75. The first-order valence-electron chi connectivity index (χ1n) is 6.39. The molecule has 11 heteroatoms. The Bertz CT molecular complexity index is 792. The van der Waals surface area contributed by atoms with E-state index >= 15 is 0 Å². The molecule has 0 saturated carbocycles. The summed E-state index contributed by atoms with van der Waals surface area (Å²) in [6.07, 6.45) is 0.887. The van der Waals surface area contributed by atoms with Crippen LogP contribution in [0.5, 0.6) is 0 Å². The molecule has 1 amide bonds. The van der Waals surface area contributed by atoms with E-state index < -0.39 is 21.9 Å². The number of aromatic nitrogens is 1. The van der Waals surface area contributed by atoms with Crippen molar-refractivity contribution in [2.45, 2.75) is 17.7 Å². The normalized spacial score (nSPS) is 10.5. The molecule has 8 nitrogen and oxygen atoms in total. The molecule has 1 aromatic carbocycles. The smallest absolute Gasteiger partial charge is 0.550 e. The van der Waals surface area contributed by atoms with E-state index in [1.165, 1.54) is 30.5 Å². The van der Waals surface area contributed by atoms with Crippen LogP contribution in [-0.4, -0.2) is 25.3 Å². The zero-order valence-corrected chi connectivity index (χ0v) is 16.3. The third-order valence-electron chi connectivity index (χ3n) is 2.66. The Morgan fingerprint density at radius 3 is 2.38 bits per heavy atom. The summed E-state index contributed by atoms with van der Waals surface area (Å²) in [6, 6.07) is 5.47. The Morgan fingerprint density at radius 2 is 1.83 bits per heavy atom. The topological polar surface area (TPSA) is 128 Å². The average Bonchev–Trinajstić information content (AvgIpc) is 2.98. The summed E-state index contributed by atoms with van der Waals surface area (Å²) in [5, 5.41) is 14.6. The molecule has 0 aliphatic rings. The van der Waals surface area contributed by atoms with Crippen molar-refractivity contribution < 1.29 is 52.7 Å². The molecule has 0 aliphatic carbocycles. The predicted octanol–water partition coefficient (Wildman–Crippen LogP) is -2.58. The molecule has 2 aromatic rings. The van der Waals surface area contributed by atoms with Crippen LogP contribution in [0.2, 0.25) is 0 Å². The molecule has 0 saturated heterocycles. The largest absolute Gasteiger partial charge is 1.00 e. The van der Waals surface area contributed by atoms with Gasteiger partial charge in [0, 0.05) is 29.7 Å². The summed E-state index contributed by atoms with van der Waals surface area (Å²) in [7, 11) is -3.75. The molecular weight excluding hydrogens is 365 g/mol. The molecule has 0 radical (unpaired) electrons. The van der Waals surface area contributed by atoms with Gasteiger partial charge < -0.3 is 15.2 Å². The number of carboxylic acid groups (broad SMARTS) is 1. The second-order valence-corrected chi connectivity index (χ2v) is 6.96. The number of nitrogens with zero attached hydrogens (tertiary/aromatic N) is 1. The molecular formula is C13H12N3NaO5S2. The number of amides is 1. The van der Waals surface area contributed by atoms with Crippen molar-refractivity contribution in [2.75, 3.05) is 10.0 Å². The fraction of sp³-hybridized carbons (Fsp3) is 0.154. The maximum atomic E-state index is 12.1. The summed E-state index contributed by atoms with van der Waals surface area (Å²) >= 11 is 1.15. The Kier molecular flexibility index (Phi) is 7.84. The molecule has 0 unspecified atom stereocenters. The van der Waals surface area contributed by atoms with Crippen LogP contribution in [0.15, 0.2) is 40.7 Å². The second-order valence-electron chi connectivity index (χ2n) is 4.39. The van der Waals surface area contributed by atoms with E-state index in [9.17, 15) is 23.1 Å². The Balaban J connectivity index is 0.00000288. The minimum absolute atomic E-state index is 0. The molecule has 2 N–H and O–H groups in total. The summed E-state index contributed by atoms with van der Waals surface area (Å²) in [4.78, 5) is 25.6. The summed E-state index contributed by atoms with van der Waals surface area (Å²) in [5.41, 5.74) is 0.363. The standard InChI is InChI=1S/C13H13N3O5S2.Na/c17-11(5-6-12(18)19)15-9-1-3-10(4-2-9)23(20,21)16-13-14-7-8-22-13;/h1-4,7-8H,5-6H2,(H,14,16)(H,15,17)(H,18,19);/q;+1/p-1. The zero-order chi connectivity index (χ0) is 16.9. The van der Waals surface area contributed by atoms with Crippen LogP contribution in [0, 0.1) is 0 Å². The molecule has 1 heterocycles. The number of rotatable bonds is 7. The van der Waals surface area contributed by atoms with E-state index in [1.54, 1.807) is 5.38 Å². The average molecular weight is 377 g/mol. The van der Waals surface area contributed by atoms with Crippen LogP contribution >= 0.6 is 11.3 Å². The van der Waals surface area contributed by atoms with Gasteiger partial charge in [-0.15, -0.1) is 11.3 Å². The van der Waals surface area contributed by atoms with E-state index in [0.717, 1.165) is 11.3 Å².